The highest BCUT2D eigenvalue weighted by molar-refractivity contribution is 5.97. The second-order valence-electron chi connectivity index (χ2n) is 17.5. The first-order chi connectivity index (χ1) is 32.0. The Morgan fingerprint density at radius 3 is 1.96 bits per heavy atom. The van der Waals surface area contributed by atoms with Crippen LogP contribution < -0.4 is 26.6 Å². The third kappa shape index (κ3) is 17.8. The number of carbonyl (C=O) groups excluding carboxylic acids is 7. The highest BCUT2D eigenvalue weighted by Crippen LogP contribution is 2.38. The molecule has 1 aliphatic heterocycles. The van der Waals surface area contributed by atoms with Crippen LogP contribution in [0.25, 0.3) is 11.1 Å². The molecule has 0 radical (unpaired) electrons. The quantitative estimate of drug-likeness (QED) is 0.0634. The minimum atomic E-state index is -1.45. The molecule has 0 aliphatic carbocycles. The van der Waals surface area contributed by atoms with Gasteiger partial charge in [-0.1, -0.05) is 96.1 Å². The van der Waals surface area contributed by atoms with Crippen LogP contribution in [0.1, 0.15) is 128 Å². The van der Waals surface area contributed by atoms with Gasteiger partial charge in [-0.15, -0.1) is 0 Å². The van der Waals surface area contributed by atoms with Crippen LogP contribution in [-0.4, -0.2) is 138 Å². The van der Waals surface area contributed by atoms with Crippen molar-refractivity contribution in [1.29, 1.82) is 0 Å². The Balaban J connectivity index is 1.63. The highest BCUT2D eigenvalue weighted by atomic mass is 16.5. The smallest absolute Gasteiger partial charge is 0.248 e. The first-order valence-corrected chi connectivity index (χ1v) is 23.8. The lowest BCUT2D eigenvalue weighted by molar-refractivity contribution is -0.142. The number of carbonyl (C=O) groups is 7. The van der Waals surface area contributed by atoms with Gasteiger partial charge in [-0.3, -0.25) is 33.6 Å². The van der Waals surface area contributed by atoms with Crippen molar-refractivity contribution in [2.75, 3.05) is 47.5 Å². The standard InChI is InChI=1S/C49H75N7O11/c1-7-8-9-10-11-12-13-14-15-16-17-18-19-20-42(60)55(4)39(31-57)48(65)52-32(2)45(62)51-30-43(61)56(5)44-35-22-24-41(59)37(29-35)36-27-34(21-23-40(36)58)28-38(47(64)50-25-26-67-6)54-46(63)33(3)53-49(44)66/h21-24,27,29,32-33,38-39,44,57-59H,7-20,25-26,28,30-31H2,1-6H3,(H,50,64)(H,51,62)(H,52,65)(H,53,66)(H,54,63)/t32-,33+,38+,39-,44+/m1/s1. The van der Waals surface area contributed by atoms with E-state index in [1.807, 2.05) is 0 Å². The largest absolute Gasteiger partial charge is 0.507 e. The van der Waals surface area contributed by atoms with Crippen molar-refractivity contribution < 1.29 is 53.6 Å². The zero-order valence-electron chi connectivity index (χ0n) is 40.3. The van der Waals surface area contributed by atoms with Gasteiger partial charge in [0.25, 0.3) is 0 Å². The number of nitrogens with zero attached hydrogens (tertiary/aromatic N) is 2. The lowest BCUT2D eigenvalue weighted by Crippen LogP contribution is -2.56. The van der Waals surface area contributed by atoms with E-state index in [0.29, 0.717) is 12.0 Å². The summed E-state index contributed by atoms with van der Waals surface area (Å²) in [5.74, 6) is -5.14. The number of fused-ring (bicyclic) bond motifs is 5. The summed E-state index contributed by atoms with van der Waals surface area (Å²) >= 11 is 0. The molecule has 0 fully saturated rings. The second kappa shape index (κ2) is 29.1. The number of aliphatic hydroxyl groups is 1. The van der Waals surface area contributed by atoms with E-state index in [4.69, 9.17) is 4.74 Å². The number of phenolic OH excluding ortho intramolecular Hbond substituents is 2. The molecule has 2 aromatic rings. The van der Waals surface area contributed by atoms with Crippen molar-refractivity contribution in [1.82, 2.24) is 36.4 Å². The number of rotatable bonds is 26. The van der Waals surface area contributed by atoms with Gasteiger partial charge in [0.05, 0.1) is 19.8 Å². The molecular formula is C49H75N7O11. The fraction of sp³-hybridized carbons (Fsp3) is 0.612. The maximum absolute atomic E-state index is 14.1. The van der Waals surface area contributed by atoms with E-state index in [2.05, 4.69) is 33.5 Å². The Labute approximate surface area is 395 Å². The number of methoxy groups -OCH3 is 1. The number of nitrogens with one attached hydrogen (secondary N) is 5. The van der Waals surface area contributed by atoms with E-state index < -0.39 is 78.8 Å². The number of hydrogen-bond donors (Lipinski definition) is 8. The molecule has 2 aromatic carbocycles. The van der Waals surface area contributed by atoms with Crippen LogP contribution in [0, 0.1) is 0 Å². The Morgan fingerprint density at radius 1 is 0.776 bits per heavy atom. The molecule has 0 saturated carbocycles. The van der Waals surface area contributed by atoms with E-state index >= 15 is 0 Å². The number of unbranched alkanes of at least 4 members (excludes halogenated alkanes) is 12. The van der Waals surface area contributed by atoms with E-state index in [1.165, 1.54) is 122 Å². The van der Waals surface area contributed by atoms with E-state index in [1.54, 1.807) is 12.1 Å². The predicted octanol–water partition coefficient (Wildman–Crippen LogP) is 3.49. The van der Waals surface area contributed by atoms with Gasteiger partial charge >= 0.3 is 0 Å². The van der Waals surface area contributed by atoms with Gasteiger partial charge in [0.15, 0.2) is 0 Å². The molecule has 372 valence electrons. The Bertz CT molecular complexity index is 1960. The second-order valence-corrected chi connectivity index (χ2v) is 17.5. The van der Waals surface area contributed by atoms with Gasteiger partial charge in [-0.25, -0.2) is 0 Å². The lowest BCUT2D eigenvalue weighted by atomic mass is 9.93. The van der Waals surface area contributed by atoms with Gasteiger partial charge in [-0.2, -0.15) is 0 Å². The van der Waals surface area contributed by atoms with Crippen LogP contribution in [0.5, 0.6) is 11.5 Å². The highest BCUT2D eigenvalue weighted by Gasteiger charge is 2.34. The van der Waals surface area contributed by atoms with Crippen molar-refractivity contribution in [3.63, 3.8) is 0 Å². The molecule has 0 aromatic heterocycles. The molecule has 0 unspecified atom stereocenters. The fourth-order valence-corrected chi connectivity index (χ4v) is 7.90. The Hall–Kier alpha value is -5.75. The van der Waals surface area contributed by atoms with E-state index in [-0.39, 0.29) is 60.1 Å². The van der Waals surface area contributed by atoms with Crippen molar-refractivity contribution in [3.8, 4) is 22.6 Å². The molecule has 1 aliphatic rings. The number of aliphatic hydroxyl groups excluding tert-OH is 1. The van der Waals surface area contributed by atoms with Crippen LogP contribution in [0.4, 0.5) is 0 Å². The lowest BCUT2D eigenvalue weighted by Gasteiger charge is -2.30. The Kier molecular flexibility index (Phi) is 24.1. The number of ether oxygens (including phenoxy) is 1. The van der Waals surface area contributed by atoms with Crippen LogP contribution in [0.2, 0.25) is 0 Å². The summed E-state index contributed by atoms with van der Waals surface area (Å²) in [6.07, 6.45) is 15.3. The van der Waals surface area contributed by atoms with Crippen molar-refractivity contribution in [2.24, 2.45) is 0 Å². The summed E-state index contributed by atoms with van der Waals surface area (Å²) in [4.78, 5) is 96.1. The molecule has 0 saturated heterocycles. The molecular weight excluding hydrogens is 863 g/mol. The summed E-state index contributed by atoms with van der Waals surface area (Å²) in [6.45, 7) is 4.07. The summed E-state index contributed by atoms with van der Waals surface area (Å²) in [6, 6.07) is 2.39. The zero-order valence-corrected chi connectivity index (χ0v) is 40.3. The van der Waals surface area contributed by atoms with Crippen LogP contribution >= 0.6 is 0 Å². The van der Waals surface area contributed by atoms with Gasteiger partial charge in [0, 0.05) is 51.7 Å². The summed E-state index contributed by atoms with van der Waals surface area (Å²) < 4.78 is 5.02. The zero-order chi connectivity index (χ0) is 49.5. The van der Waals surface area contributed by atoms with E-state index in [0.717, 1.165) is 24.2 Å². The molecule has 5 atom stereocenters. The number of aromatic hydroxyl groups is 2. The van der Waals surface area contributed by atoms with Crippen molar-refractivity contribution in [3.05, 3.63) is 47.5 Å². The number of phenols is 2. The van der Waals surface area contributed by atoms with Crippen molar-refractivity contribution >= 4 is 41.4 Å². The normalized spacial score (nSPS) is 16.9. The SMILES string of the molecule is CCCCCCCCCCCCCCCC(=O)N(C)[C@H](CO)C(=O)N[C@H](C)C(=O)NCC(=O)N(C)[C@@H]1C(=O)N[C@@H](C)C(=O)N[C@H](C(=O)NCCOC)Cc2ccc(O)c(c2)-c2cc1ccc2O. The monoisotopic (exact) mass is 938 g/mol. The minimum Gasteiger partial charge on any atom is -0.507 e. The molecule has 0 spiro atoms. The molecule has 7 amide bonds. The van der Waals surface area contributed by atoms with Crippen LogP contribution in [-0.2, 0) is 44.7 Å². The van der Waals surface area contributed by atoms with Crippen molar-refractivity contribution in [2.45, 2.75) is 147 Å². The molecule has 67 heavy (non-hydrogen) atoms. The molecule has 1 heterocycles. The fourth-order valence-electron chi connectivity index (χ4n) is 7.90. The van der Waals surface area contributed by atoms with Gasteiger partial charge in [0.1, 0.15) is 41.7 Å². The first-order valence-electron chi connectivity index (χ1n) is 23.8. The maximum Gasteiger partial charge on any atom is 0.248 e. The third-order valence-electron chi connectivity index (χ3n) is 12.1. The summed E-state index contributed by atoms with van der Waals surface area (Å²) in [5.41, 5.74) is 0.964. The van der Waals surface area contributed by atoms with E-state index in [9.17, 15) is 48.9 Å². The number of amides is 7. The number of likely N-dealkylation sites (N-methyl/N-ethyl adjacent to an activating group) is 2. The molecule has 8 N–H and O–H groups in total. The molecule has 4 bridgehead atoms. The topological polar surface area (TPSA) is 256 Å². The molecule has 3 rings (SSSR count). The van der Waals surface area contributed by atoms with Crippen LogP contribution in [0.3, 0.4) is 0 Å². The summed E-state index contributed by atoms with van der Waals surface area (Å²) in [5, 5.41) is 44.9. The van der Waals surface area contributed by atoms with Gasteiger partial charge < -0.3 is 56.4 Å². The minimum absolute atomic E-state index is 0.00879. The maximum atomic E-state index is 14.1. The van der Waals surface area contributed by atoms with Gasteiger partial charge in [0.2, 0.25) is 41.4 Å². The average Bonchev–Trinajstić information content (AvgIpc) is 3.30. The van der Waals surface area contributed by atoms with Crippen LogP contribution in [0.15, 0.2) is 36.4 Å². The molecule has 18 nitrogen and oxygen atoms in total. The first kappa shape index (κ1) is 55.6. The number of benzene rings is 2. The molecule has 18 heteroatoms. The number of hydrogen-bond acceptors (Lipinski definition) is 11. The summed E-state index contributed by atoms with van der Waals surface area (Å²) in [7, 11) is 4.21. The predicted molar refractivity (Wildman–Crippen MR) is 253 cm³/mol. The third-order valence-corrected chi connectivity index (χ3v) is 12.1. The van der Waals surface area contributed by atoms with Gasteiger partial charge in [-0.05, 0) is 55.7 Å². The average molecular weight is 938 g/mol. The Morgan fingerprint density at radius 2 is 1.36 bits per heavy atom.